The third-order valence-electron chi connectivity index (χ3n) is 4.89. The van der Waals surface area contributed by atoms with E-state index in [2.05, 4.69) is 24.1 Å². The zero-order valence-electron chi connectivity index (χ0n) is 14.3. The Morgan fingerprint density at radius 1 is 1.12 bits per heavy atom. The lowest BCUT2D eigenvalue weighted by molar-refractivity contribution is 0.194. The minimum absolute atomic E-state index is 0.0210. The maximum Gasteiger partial charge on any atom is 0.254 e. The zero-order valence-corrected chi connectivity index (χ0v) is 14.3. The second-order valence-corrected chi connectivity index (χ2v) is 6.45. The number of hydrogen-bond acceptors (Lipinski definition) is 4. The number of ether oxygens (including phenoxy) is 1. The van der Waals surface area contributed by atoms with E-state index in [-0.39, 0.29) is 17.4 Å². The Hall–Kier alpha value is -2.95. The lowest BCUT2D eigenvalue weighted by atomic mass is 9.99. The van der Waals surface area contributed by atoms with E-state index in [4.69, 9.17) is 4.74 Å². The molecule has 0 saturated heterocycles. The van der Waals surface area contributed by atoms with Crippen LogP contribution in [0.3, 0.4) is 0 Å². The Morgan fingerprint density at radius 3 is 2.76 bits per heavy atom. The van der Waals surface area contributed by atoms with Crippen molar-refractivity contribution < 1.29 is 9.84 Å². The smallest absolute Gasteiger partial charge is 0.254 e. The number of aromatic nitrogens is 1. The monoisotopic (exact) mass is 336 g/mol. The molecule has 1 unspecified atom stereocenters. The highest BCUT2D eigenvalue weighted by atomic mass is 16.5. The van der Waals surface area contributed by atoms with Crippen molar-refractivity contribution in [3.63, 3.8) is 0 Å². The molecule has 0 aliphatic carbocycles. The number of aryl methyl sites for hydroxylation is 1. The Balaban J connectivity index is 1.83. The van der Waals surface area contributed by atoms with E-state index in [9.17, 15) is 9.90 Å². The van der Waals surface area contributed by atoms with Crippen LogP contribution in [0.15, 0.2) is 53.3 Å². The van der Waals surface area contributed by atoms with Crippen LogP contribution >= 0.6 is 0 Å². The molecule has 0 radical (unpaired) electrons. The molecule has 1 atom stereocenters. The fourth-order valence-corrected chi connectivity index (χ4v) is 3.54. The van der Waals surface area contributed by atoms with Gasteiger partial charge < -0.3 is 19.3 Å². The van der Waals surface area contributed by atoms with Gasteiger partial charge in [0, 0.05) is 49.8 Å². The highest BCUT2D eigenvalue weighted by Crippen LogP contribution is 2.38. The largest absolute Gasteiger partial charge is 0.507 e. The number of nitrogens with zero attached hydrogens (tertiary/aromatic N) is 2. The number of aromatic hydroxyl groups is 1. The van der Waals surface area contributed by atoms with E-state index in [0.717, 1.165) is 24.2 Å². The van der Waals surface area contributed by atoms with Crippen molar-refractivity contribution in [1.29, 1.82) is 0 Å². The van der Waals surface area contributed by atoms with Crippen LogP contribution in [0, 0.1) is 0 Å². The maximum atomic E-state index is 12.1. The van der Waals surface area contributed by atoms with E-state index in [0.29, 0.717) is 16.7 Å². The molecule has 0 amide bonds. The van der Waals surface area contributed by atoms with Gasteiger partial charge >= 0.3 is 0 Å². The van der Waals surface area contributed by atoms with Gasteiger partial charge in [0.25, 0.3) is 5.56 Å². The van der Waals surface area contributed by atoms with Crippen LogP contribution in [0.5, 0.6) is 11.5 Å². The van der Waals surface area contributed by atoms with Crippen molar-refractivity contribution in [3.05, 3.63) is 64.4 Å². The van der Waals surface area contributed by atoms with Crippen molar-refractivity contribution in [2.24, 2.45) is 7.05 Å². The first-order chi connectivity index (χ1) is 12.1. The van der Waals surface area contributed by atoms with E-state index >= 15 is 0 Å². The summed E-state index contributed by atoms with van der Waals surface area (Å²) in [6.45, 7) is 0.899. The maximum absolute atomic E-state index is 12.1. The van der Waals surface area contributed by atoms with E-state index in [1.807, 2.05) is 24.3 Å². The third kappa shape index (κ3) is 2.52. The number of rotatable bonds is 2. The SMILES string of the molecule is CN1CCC(Oc2cccc3c(O)cc(=O)n(C)c23)c2ccccc21. The Kier molecular flexibility index (Phi) is 3.64. The highest BCUT2D eigenvalue weighted by molar-refractivity contribution is 5.89. The van der Waals surface area contributed by atoms with Gasteiger partial charge in [0.05, 0.1) is 5.52 Å². The molecule has 1 aliphatic heterocycles. The Morgan fingerprint density at radius 2 is 1.92 bits per heavy atom. The molecule has 128 valence electrons. The molecule has 5 heteroatoms. The van der Waals surface area contributed by atoms with Crippen LogP contribution in [0.1, 0.15) is 18.1 Å². The van der Waals surface area contributed by atoms with Crippen molar-refractivity contribution >= 4 is 16.6 Å². The van der Waals surface area contributed by atoms with E-state index in [1.165, 1.54) is 10.6 Å². The zero-order chi connectivity index (χ0) is 17.6. The first-order valence-corrected chi connectivity index (χ1v) is 8.34. The summed E-state index contributed by atoms with van der Waals surface area (Å²) >= 11 is 0. The first-order valence-electron chi connectivity index (χ1n) is 8.34. The van der Waals surface area contributed by atoms with Crippen LogP contribution in [-0.2, 0) is 7.05 Å². The van der Waals surface area contributed by atoms with Crippen molar-refractivity contribution in [1.82, 2.24) is 4.57 Å². The molecule has 3 aromatic rings. The Labute approximate surface area is 145 Å². The van der Waals surface area contributed by atoms with Gasteiger partial charge in [-0.05, 0) is 18.2 Å². The van der Waals surface area contributed by atoms with Crippen molar-refractivity contribution in [2.45, 2.75) is 12.5 Å². The summed E-state index contributed by atoms with van der Waals surface area (Å²) in [5.41, 5.74) is 2.66. The van der Waals surface area contributed by atoms with Gasteiger partial charge in [-0.25, -0.2) is 0 Å². The molecular weight excluding hydrogens is 316 g/mol. The molecule has 1 aromatic heterocycles. The van der Waals surface area contributed by atoms with Crippen LogP contribution in [0.4, 0.5) is 5.69 Å². The number of hydrogen-bond donors (Lipinski definition) is 1. The lowest BCUT2D eigenvalue weighted by Crippen LogP contribution is -2.29. The fraction of sp³-hybridized carbons (Fsp3) is 0.250. The predicted octanol–water partition coefficient (Wildman–Crippen LogP) is 3.20. The summed E-state index contributed by atoms with van der Waals surface area (Å²) in [5.74, 6) is 0.588. The van der Waals surface area contributed by atoms with Gasteiger partial charge in [0.15, 0.2) is 0 Å². The summed E-state index contributed by atoms with van der Waals surface area (Å²) in [6, 6.07) is 14.9. The average Bonchev–Trinajstić information content (AvgIpc) is 2.62. The number of benzene rings is 2. The number of fused-ring (bicyclic) bond motifs is 2. The van der Waals surface area contributed by atoms with Gasteiger partial charge in [-0.2, -0.15) is 0 Å². The minimum atomic E-state index is -0.259. The van der Waals surface area contributed by atoms with Crippen molar-refractivity contribution in [3.8, 4) is 11.5 Å². The molecule has 4 rings (SSSR count). The predicted molar refractivity (Wildman–Crippen MR) is 98.6 cm³/mol. The second-order valence-electron chi connectivity index (χ2n) is 6.45. The number of pyridine rings is 1. The first kappa shape index (κ1) is 15.6. The molecule has 0 bridgehead atoms. The minimum Gasteiger partial charge on any atom is -0.507 e. The molecule has 1 aliphatic rings. The lowest BCUT2D eigenvalue weighted by Gasteiger charge is -2.33. The third-order valence-corrected chi connectivity index (χ3v) is 4.89. The van der Waals surface area contributed by atoms with Gasteiger partial charge in [-0.1, -0.05) is 24.3 Å². The van der Waals surface area contributed by atoms with Gasteiger partial charge in [-0.3, -0.25) is 4.79 Å². The summed E-state index contributed by atoms with van der Waals surface area (Å²) in [7, 11) is 3.77. The molecular formula is C20H20N2O3. The molecule has 5 nitrogen and oxygen atoms in total. The van der Waals surface area contributed by atoms with E-state index < -0.39 is 0 Å². The van der Waals surface area contributed by atoms with Crippen LogP contribution in [-0.4, -0.2) is 23.3 Å². The average molecular weight is 336 g/mol. The van der Waals surface area contributed by atoms with Crippen molar-refractivity contribution in [2.75, 3.05) is 18.5 Å². The van der Waals surface area contributed by atoms with Gasteiger partial charge in [0.1, 0.15) is 17.6 Å². The number of para-hydroxylation sites is 2. The van der Waals surface area contributed by atoms with Crippen LogP contribution in [0.2, 0.25) is 0 Å². The normalized spacial score (nSPS) is 16.7. The summed E-state index contributed by atoms with van der Waals surface area (Å²) in [4.78, 5) is 14.3. The molecule has 2 aromatic carbocycles. The standard InChI is InChI=1S/C20H20N2O3/c1-21-11-10-17(13-6-3-4-8-15(13)21)25-18-9-5-7-14-16(23)12-19(24)22(2)20(14)18/h3-9,12,17,23H,10-11H2,1-2H3. The Bertz CT molecular complexity index is 1010. The fourth-order valence-electron chi connectivity index (χ4n) is 3.54. The second kappa shape index (κ2) is 5.84. The number of anilines is 1. The summed E-state index contributed by atoms with van der Waals surface area (Å²) in [6.07, 6.45) is 0.770. The van der Waals surface area contributed by atoms with E-state index in [1.54, 1.807) is 13.1 Å². The molecule has 0 fully saturated rings. The molecule has 1 N–H and O–H groups in total. The molecule has 0 spiro atoms. The topological polar surface area (TPSA) is 54.7 Å². The summed E-state index contributed by atoms with van der Waals surface area (Å²) in [5, 5.41) is 10.7. The van der Waals surface area contributed by atoms with Crippen LogP contribution in [0.25, 0.3) is 10.9 Å². The van der Waals surface area contributed by atoms with Gasteiger partial charge in [0.2, 0.25) is 0 Å². The highest BCUT2D eigenvalue weighted by Gasteiger charge is 2.25. The van der Waals surface area contributed by atoms with Gasteiger partial charge in [-0.15, -0.1) is 0 Å². The molecule has 0 saturated carbocycles. The van der Waals surface area contributed by atoms with Crippen LogP contribution < -0.4 is 15.2 Å². The summed E-state index contributed by atoms with van der Waals surface area (Å²) < 4.78 is 7.86. The quantitative estimate of drug-likeness (QED) is 0.781. The molecule has 25 heavy (non-hydrogen) atoms. The molecule has 2 heterocycles.